The molecule has 6 heteroatoms. The maximum absolute atomic E-state index is 11.6. The molecule has 1 amide bonds. The number of ether oxygens (including phenoxy) is 2. The van der Waals surface area contributed by atoms with Crippen molar-refractivity contribution in [2.24, 2.45) is 0 Å². The van der Waals surface area contributed by atoms with Crippen LogP contribution in [0.5, 0.6) is 0 Å². The summed E-state index contributed by atoms with van der Waals surface area (Å²) >= 11 is 0. The Kier molecular flexibility index (Phi) is 6.07. The number of carbonyl (C=O) groups is 2. The van der Waals surface area contributed by atoms with Crippen molar-refractivity contribution < 1.29 is 24.2 Å². The molecule has 0 saturated heterocycles. The van der Waals surface area contributed by atoms with Gasteiger partial charge in [0.25, 0.3) is 0 Å². The molecule has 0 radical (unpaired) electrons. The van der Waals surface area contributed by atoms with Crippen molar-refractivity contribution >= 4 is 11.9 Å². The van der Waals surface area contributed by atoms with E-state index in [-0.39, 0.29) is 12.5 Å². The summed E-state index contributed by atoms with van der Waals surface area (Å²) in [5.41, 5.74) is -1.10. The number of hydrogen-bond acceptors (Lipinski definition) is 4. The first kappa shape index (κ1) is 14.9. The molecule has 6 nitrogen and oxygen atoms in total. The van der Waals surface area contributed by atoms with Crippen LogP contribution in [-0.4, -0.2) is 49.5 Å². The maximum Gasteiger partial charge on any atom is 0.329 e. The molecule has 1 saturated carbocycles. The van der Waals surface area contributed by atoms with Crippen molar-refractivity contribution in [3.63, 3.8) is 0 Å². The molecule has 1 aliphatic carbocycles. The van der Waals surface area contributed by atoms with E-state index < -0.39 is 11.5 Å². The molecule has 104 valence electrons. The van der Waals surface area contributed by atoms with Crippen LogP contribution in [0.4, 0.5) is 0 Å². The van der Waals surface area contributed by atoms with Gasteiger partial charge in [-0.15, -0.1) is 0 Å². The number of aliphatic carboxylic acids is 1. The van der Waals surface area contributed by atoms with Crippen LogP contribution >= 0.6 is 0 Å². The van der Waals surface area contributed by atoms with E-state index in [1.165, 1.54) is 0 Å². The molecule has 2 N–H and O–H groups in total. The van der Waals surface area contributed by atoms with Crippen molar-refractivity contribution in [2.45, 2.75) is 37.6 Å². The Morgan fingerprint density at radius 3 is 2.44 bits per heavy atom. The van der Waals surface area contributed by atoms with Gasteiger partial charge in [0.1, 0.15) is 12.1 Å². The summed E-state index contributed by atoms with van der Waals surface area (Å²) in [7, 11) is 1.55. The lowest BCUT2D eigenvalue weighted by molar-refractivity contribution is -0.150. The number of hydrogen-bond donors (Lipinski definition) is 2. The number of methoxy groups -OCH3 is 1. The van der Waals surface area contributed by atoms with Gasteiger partial charge in [-0.2, -0.15) is 0 Å². The van der Waals surface area contributed by atoms with E-state index in [9.17, 15) is 14.7 Å². The number of carbonyl (C=O) groups excluding carboxylic acids is 1. The predicted molar refractivity (Wildman–Crippen MR) is 64.3 cm³/mol. The zero-order valence-corrected chi connectivity index (χ0v) is 10.7. The van der Waals surface area contributed by atoms with Crippen LogP contribution in [0.3, 0.4) is 0 Å². The Morgan fingerprint density at radius 2 is 1.89 bits per heavy atom. The number of rotatable bonds is 7. The highest BCUT2D eigenvalue weighted by atomic mass is 16.5. The molecular formula is C12H21NO5. The first-order chi connectivity index (χ1) is 8.60. The molecule has 0 spiro atoms. The van der Waals surface area contributed by atoms with E-state index in [1.54, 1.807) is 7.11 Å². The van der Waals surface area contributed by atoms with E-state index in [0.717, 1.165) is 19.3 Å². The average Bonchev–Trinajstić information content (AvgIpc) is 2.35. The van der Waals surface area contributed by atoms with Crippen molar-refractivity contribution in [3.8, 4) is 0 Å². The van der Waals surface area contributed by atoms with Crippen LogP contribution in [0.2, 0.25) is 0 Å². The fourth-order valence-electron chi connectivity index (χ4n) is 2.16. The van der Waals surface area contributed by atoms with Crippen molar-refractivity contribution in [1.82, 2.24) is 5.32 Å². The highest BCUT2D eigenvalue weighted by Crippen LogP contribution is 2.28. The highest BCUT2D eigenvalue weighted by Gasteiger charge is 2.40. The average molecular weight is 259 g/mol. The zero-order chi connectivity index (χ0) is 13.4. The van der Waals surface area contributed by atoms with Crippen LogP contribution in [0, 0.1) is 0 Å². The number of carboxylic acid groups (broad SMARTS) is 1. The molecule has 0 bridgehead atoms. The third kappa shape index (κ3) is 4.27. The normalized spacial score (nSPS) is 18.3. The standard InChI is InChI=1S/C12H21NO5/c1-17-7-8-18-9-10(14)13-12(11(15)16)5-3-2-4-6-12/h2-9H2,1H3,(H,13,14)(H,15,16). The van der Waals surface area contributed by atoms with Gasteiger partial charge in [-0.25, -0.2) is 4.79 Å². The highest BCUT2D eigenvalue weighted by molar-refractivity contribution is 5.87. The Morgan fingerprint density at radius 1 is 1.22 bits per heavy atom. The molecule has 18 heavy (non-hydrogen) atoms. The molecule has 0 heterocycles. The molecule has 0 unspecified atom stereocenters. The summed E-state index contributed by atoms with van der Waals surface area (Å²) in [5, 5.41) is 11.9. The fourth-order valence-corrected chi connectivity index (χ4v) is 2.16. The summed E-state index contributed by atoms with van der Waals surface area (Å²) in [4.78, 5) is 23.0. The van der Waals surface area contributed by atoms with Crippen LogP contribution < -0.4 is 5.32 Å². The molecule has 1 fully saturated rings. The van der Waals surface area contributed by atoms with Gasteiger partial charge in [0.2, 0.25) is 5.91 Å². The first-order valence-corrected chi connectivity index (χ1v) is 6.22. The molecule has 0 aromatic heterocycles. The second-order valence-electron chi connectivity index (χ2n) is 4.54. The van der Waals surface area contributed by atoms with Gasteiger partial charge in [-0.3, -0.25) is 4.79 Å². The van der Waals surface area contributed by atoms with Crippen LogP contribution in [-0.2, 0) is 19.1 Å². The summed E-state index contributed by atoms with van der Waals surface area (Å²) in [6.07, 6.45) is 3.67. The Labute approximate surface area is 107 Å². The minimum absolute atomic E-state index is 0.127. The van der Waals surface area contributed by atoms with Crippen LogP contribution in [0.15, 0.2) is 0 Å². The summed E-state index contributed by atoms with van der Waals surface area (Å²) in [6.45, 7) is 0.611. The Bertz CT molecular complexity index is 286. The number of nitrogens with one attached hydrogen (secondary N) is 1. The lowest BCUT2D eigenvalue weighted by Gasteiger charge is -2.33. The van der Waals surface area contributed by atoms with E-state index in [0.29, 0.717) is 26.1 Å². The van der Waals surface area contributed by atoms with E-state index in [2.05, 4.69) is 5.32 Å². The SMILES string of the molecule is COCCOCC(=O)NC1(C(=O)O)CCCCC1. The number of amides is 1. The van der Waals surface area contributed by atoms with Gasteiger partial charge in [0.15, 0.2) is 0 Å². The lowest BCUT2D eigenvalue weighted by atomic mass is 9.81. The molecular weight excluding hydrogens is 238 g/mol. The third-order valence-electron chi connectivity index (χ3n) is 3.16. The van der Waals surface area contributed by atoms with Gasteiger partial charge in [-0.05, 0) is 12.8 Å². The third-order valence-corrected chi connectivity index (χ3v) is 3.16. The topological polar surface area (TPSA) is 84.9 Å². The second-order valence-corrected chi connectivity index (χ2v) is 4.54. The molecule has 0 aliphatic heterocycles. The number of carboxylic acids is 1. The molecule has 0 aromatic rings. The van der Waals surface area contributed by atoms with Gasteiger partial charge in [0, 0.05) is 7.11 Å². The van der Waals surface area contributed by atoms with Crippen molar-refractivity contribution in [3.05, 3.63) is 0 Å². The van der Waals surface area contributed by atoms with Gasteiger partial charge in [0.05, 0.1) is 13.2 Å². The first-order valence-electron chi connectivity index (χ1n) is 6.22. The van der Waals surface area contributed by atoms with E-state index >= 15 is 0 Å². The summed E-state index contributed by atoms with van der Waals surface area (Å²) in [6, 6.07) is 0. The predicted octanol–water partition coefficient (Wildman–Crippen LogP) is 0.553. The molecule has 0 aromatic carbocycles. The molecule has 0 atom stereocenters. The lowest BCUT2D eigenvalue weighted by Crippen LogP contribution is -2.56. The largest absolute Gasteiger partial charge is 0.480 e. The van der Waals surface area contributed by atoms with Crippen molar-refractivity contribution in [2.75, 3.05) is 26.9 Å². The van der Waals surface area contributed by atoms with E-state index in [1.807, 2.05) is 0 Å². The second kappa shape index (κ2) is 7.33. The minimum Gasteiger partial charge on any atom is -0.480 e. The van der Waals surface area contributed by atoms with Crippen LogP contribution in [0.25, 0.3) is 0 Å². The smallest absolute Gasteiger partial charge is 0.329 e. The van der Waals surface area contributed by atoms with Gasteiger partial charge < -0.3 is 19.9 Å². The summed E-state index contributed by atoms with van der Waals surface area (Å²) < 4.78 is 9.85. The zero-order valence-electron chi connectivity index (χ0n) is 10.7. The van der Waals surface area contributed by atoms with Gasteiger partial charge >= 0.3 is 5.97 Å². The Balaban J connectivity index is 2.41. The van der Waals surface area contributed by atoms with E-state index in [4.69, 9.17) is 9.47 Å². The minimum atomic E-state index is -1.10. The molecule has 1 aliphatic rings. The quantitative estimate of drug-likeness (QED) is 0.652. The van der Waals surface area contributed by atoms with Crippen LogP contribution in [0.1, 0.15) is 32.1 Å². The Hall–Kier alpha value is -1.14. The fraction of sp³-hybridized carbons (Fsp3) is 0.833. The summed E-state index contributed by atoms with van der Waals surface area (Å²) in [5.74, 6) is -1.33. The molecule has 1 rings (SSSR count). The maximum atomic E-state index is 11.6. The van der Waals surface area contributed by atoms with Crippen molar-refractivity contribution in [1.29, 1.82) is 0 Å². The van der Waals surface area contributed by atoms with Gasteiger partial charge in [-0.1, -0.05) is 19.3 Å². The monoisotopic (exact) mass is 259 g/mol.